The molecule has 0 bridgehead atoms. The summed E-state index contributed by atoms with van der Waals surface area (Å²) in [4.78, 5) is 21.9. The minimum atomic E-state index is -4.60. The molecule has 37 heavy (non-hydrogen) atoms. The summed E-state index contributed by atoms with van der Waals surface area (Å²) in [6.45, 7) is 2.06. The summed E-state index contributed by atoms with van der Waals surface area (Å²) in [6, 6.07) is 12.3. The molecule has 1 saturated heterocycles. The van der Waals surface area contributed by atoms with Crippen LogP contribution in [-0.2, 0) is 19.0 Å². The number of aryl methyl sites for hydroxylation is 2. The summed E-state index contributed by atoms with van der Waals surface area (Å²) >= 11 is 0. The van der Waals surface area contributed by atoms with E-state index in [0.717, 1.165) is 32.1 Å². The Labute approximate surface area is 213 Å². The number of nitrogens with two attached hydrogens (primary N) is 1. The van der Waals surface area contributed by atoms with E-state index in [0.29, 0.717) is 28.5 Å². The molecule has 0 aliphatic carbocycles. The highest BCUT2D eigenvalue weighted by Crippen LogP contribution is 2.36. The van der Waals surface area contributed by atoms with Crippen LogP contribution in [0.25, 0.3) is 0 Å². The third-order valence-corrected chi connectivity index (χ3v) is 6.70. The van der Waals surface area contributed by atoms with Crippen LogP contribution in [0.1, 0.15) is 51.5 Å². The maximum Gasteiger partial charge on any atom is 0.419 e. The van der Waals surface area contributed by atoms with Gasteiger partial charge in [0.25, 0.3) is 0 Å². The molecular weight excluding hydrogens is 483 g/mol. The van der Waals surface area contributed by atoms with Crippen molar-refractivity contribution < 1.29 is 22.7 Å². The lowest BCUT2D eigenvalue weighted by atomic mass is 9.89. The molecule has 3 N–H and O–H groups in total. The lowest BCUT2D eigenvalue weighted by Crippen LogP contribution is -2.29. The Balaban J connectivity index is 1.56. The van der Waals surface area contributed by atoms with Crippen molar-refractivity contribution in [3.05, 3.63) is 76.6 Å². The summed E-state index contributed by atoms with van der Waals surface area (Å²) < 4.78 is 46.6. The van der Waals surface area contributed by atoms with Crippen LogP contribution in [0.4, 0.5) is 24.8 Å². The zero-order valence-corrected chi connectivity index (χ0v) is 20.8. The first-order chi connectivity index (χ1) is 17.6. The number of nitrogens with zero attached hydrogens (tertiary/aromatic N) is 3. The van der Waals surface area contributed by atoms with E-state index in [-0.39, 0.29) is 24.5 Å². The summed E-state index contributed by atoms with van der Waals surface area (Å²) in [7, 11) is 3.67. The van der Waals surface area contributed by atoms with Crippen LogP contribution in [0.2, 0.25) is 0 Å². The molecule has 1 amide bonds. The molecule has 2 heterocycles. The molecule has 0 unspecified atom stereocenters. The quantitative estimate of drug-likeness (QED) is 0.443. The van der Waals surface area contributed by atoms with E-state index >= 15 is 0 Å². The minimum Gasteiger partial charge on any atom is -0.495 e. The maximum absolute atomic E-state index is 13.7. The number of anilines is 2. The average molecular weight is 514 g/mol. The summed E-state index contributed by atoms with van der Waals surface area (Å²) in [5, 5.41) is 3.02. The number of primary amides is 1. The fraction of sp³-hybridized carbons (Fsp3) is 0.370. The zero-order valence-electron chi connectivity index (χ0n) is 20.8. The molecule has 7 nitrogen and oxygen atoms in total. The Morgan fingerprint density at radius 2 is 1.92 bits per heavy atom. The number of rotatable bonds is 8. The van der Waals surface area contributed by atoms with Gasteiger partial charge in [-0.05, 0) is 87.1 Å². The molecular formula is C27H30F3N5O2. The highest BCUT2D eigenvalue weighted by Gasteiger charge is 2.35. The standard InChI is InChI=1S/C27H30F3N5O2/c1-35-12-10-18(11-13-35)19-7-9-23(24(15-19)37-2)34-26-32-16-21(27(28,29)30)22(33-26)8-6-17-4-3-5-20(14-17)25(31)36/h3-5,7,9,14-16,18H,6,8,10-13H2,1-2H3,(H2,31,36)(H,32,33,34). The minimum absolute atomic E-state index is 0.000454. The number of amides is 1. The molecule has 2 aromatic carbocycles. The smallest absolute Gasteiger partial charge is 0.419 e. The molecule has 10 heteroatoms. The number of aromatic nitrogens is 2. The number of carbonyl (C=O) groups excluding carboxylic acids is 1. The van der Waals surface area contributed by atoms with E-state index in [4.69, 9.17) is 10.5 Å². The summed E-state index contributed by atoms with van der Waals surface area (Å²) in [6.07, 6.45) is -1.45. The molecule has 3 aromatic rings. The normalized spacial score (nSPS) is 14.9. The van der Waals surface area contributed by atoms with Gasteiger partial charge in [0, 0.05) is 11.8 Å². The van der Waals surface area contributed by atoms with Crippen molar-refractivity contribution in [1.82, 2.24) is 14.9 Å². The number of ether oxygens (including phenoxy) is 1. The van der Waals surface area contributed by atoms with E-state index in [2.05, 4.69) is 27.2 Å². The van der Waals surface area contributed by atoms with E-state index in [9.17, 15) is 18.0 Å². The van der Waals surface area contributed by atoms with Gasteiger partial charge in [0.15, 0.2) is 0 Å². The molecule has 196 valence electrons. The Bertz CT molecular complexity index is 1260. The number of nitrogens with one attached hydrogen (secondary N) is 1. The first kappa shape index (κ1) is 26.4. The number of methoxy groups -OCH3 is 1. The van der Waals surface area contributed by atoms with Crippen molar-refractivity contribution >= 4 is 17.5 Å². The fourth-order valence-corrected chi connectivity index (χ4v) is 4.57. The van der Waals surface area contributed by atoms with Crippen LogP contribution < -0.4 is 15.8 Å². The number of carbonyl (C=O) groups is 1. The molecule has 0 saturated carbocycles. The number of hydrogen-bond acceptors (Lipinski definition) is 6. The van der Waals surface area contributed by atoms with Gasteiger partial charge in [0.2, 0.25) is 11.9 Å². The van der Waals surface area contributed by atoms with Gasteiger partial charge in [0.05, 0.1) is 24.1 Å². The van der Waals surface area contributed by atoms with E-state index < -0.39 is 17.6 Å². The Morgan fingerprint density at radius 1 is 1.16 bits per heavy atom. The molecule has 1 fully saturated rings. The molecule has 1 aliphatic heterocycles. The Kier molecular flexibility index (Phi) is 7.97. The van der Waals surface area contributed by atoms with Crippen molar-refractivity contribution in [2.75, 3.05) is 32.6 Å². The van der Waals surface area contributed by atoms with Crippen LogP contribution in [0, 0.1) is 0 Å². The van der Waals surface area contributed by atoms with Crippen molar-refractivity contribution in [3.8, 4) is 5.75 Å². The van der Waals surface area contributed by atoms with Crippen molar-refractivity contribution in [2.45, 2.75) is 37.8 Å². The van der Waals surface area contributed by atoms with Gasteiger partial charge in [-0.25, -0.2) is 9.97 Å². The third-order valence-electron chi connectivity index (χ3n) is 6.70. The number of piperidine rings is 1. The lowest BCUT2D eigenvalue weighted by Gasteiger charge is -2.29. The Morgan fingerprint density at radius 3 is 2.59 bits per heavy atom. The molecule has 1 aromatic heterocycles. The molecule has 0 radical (unpaired) electrons. The van der Waals surface area contributed by atoms with Gasteiger partial charge in [-0.2, -0.15) is 13.2 Å². The highest BCUT2D eigenvalue weighted by molar-refractivity contribution is 5.92. The van der Waals surface area contributed by atoms with Crippen molar-refractivity contribution in [3.63, 3.8) is 0 Å². The van der Waals surface area contributed by atoms with Gasteiger partial charge < -0.3 is 20.7 Å². The van der Waals surface area contributed by atoms with Gasteiger partial charge in [-0.3, -0.25) is 4.79 Å². The number of likely N-dealkylation sites (tertiary alicyclic amines) is 1. The van der Waals surface area contributed by atoms with E-state index in [1.54, 1.807) is 31.4 Å². The van der Waals surface area contributed by atoms with Crippen LogP contribution in [0.5, 0.6) is 5.75 Å². The van der Waals surface area contributed by atoms with Gasteiger partial charge in [-0.15, -0.1) is 0 Å². The summed E-state index contributed by atoms with van der Waals surface area (Å²) in [5.41, 5.74) is 7.00. The molecule has 0 atom stereocenters. The second-order valence-electron chi connectivity index (χ2n) is 9.28. The van der Waals surface area contributed by atoms with E-state index in [1.165, 1.54) is 5.56 Å². The average Bonchev–Trinajstić information content (AvgIpc) is 2.88. The first-order valence-electron chi connectivity index (χ1n) is 12.1. The van der Waals surface area contributed by atoms with Gasteiger partial charge in [-0.1, -0.05) is 18.2 Å². The van der Waals surface area contributed by atoms with Gasteiger partial charge >= 0.3 is 6.18 Å². The third kappa shape index (κ3) is 6.56. The number of benzene rings is 2. The predicted molar refractivity (Wildman–Crippen MR) is 135 cm³/mol. The van der Waals surface area contributed by atoms with Crippen molar-refractivity contribution in [1.29, 1.82) is 0 Å². The maximum atomic E-state index is 13.7. The lowest BCUT2D eigenvalue weighted by molar-refractivity contribution is -0.138. The second-order valence-corrected chi connectivity index (χ2v) is 9.28. The van der Waals surface area contributed by atoms with E-state index in [1.807, 2.05) is 18.2 Å². The number of halogens is 3. The summed E-state index contributed by atoms with van der Waals surface area (Å²) in [5.74, 6) is 0.451. The molecule has 1 aliphatic rings. The SMILES string of the molecule is COc1cc(C2CCN(C)CC2)ccc1Nc1ncc(C(F)(F)F)c(CCc2cccc(C(N)=O)c2)n1. The van der Waals surface area contributed by atoms with Gasteiger partial charge in [0.1, 0.15) is 5.75 Å². The predicted octanol–water partition coefficient (Wildman–Crippen LogP) is 4.94. The Hall–Kier alpha value is -3.66. The topological polar surface area (TPSA) is 93.4 Å². The van der Waals surface area contributed by atoms with Crippen LogP contribution in [0.3, 0.4) is 0 Å². The van der Waals surface area contributed by atoms with Crippen molar-refractivity contribution in [2.24, 2.45) is 5.73 Å². The monoisotopic (exact) mass is 513 g/mol. The van der Waals surface area contributed by atoms with Crippen LogP contribution in [-0.4, -0.2) is 48.0 Å². The molecule has 0 spiro atoms. The fourth-order valence-electron chi connectivity index (χ4n) is 4.57. The second kappa shape index (κ2) is 11.2. The highest BCUT2D eigenvalue weighted by atomic mass is 19.4. The largest absolute Gasteiger partial charge is 0.495 e. The number of alkyl halides is 3. The van der Waals surface area contributed by atoms with Crippen LogP contribution in [0.15, 0.2) is 48.7 Å². The molecule has 4 rings (SSSR count). The zero-order chi connectivity index (χ0) is 26.6. The van der Waals surface area contributed by atoms with Crippen LogP contribution >= 0.6 is 0 Å². The number of hydrogen-bond donors (Lipinski definition) is 2. The first-order valence-corrected chi connectivity index (χ1v) is 12.1.